The lowest BCUT2D eigenvalue weighted by Crippen LogP contribution is -2.41. The molecule has 9 nitrogen and oxygen atoms in total. The van der Waals surface area contributed by atoms with Crippen molar-refractivity contribution in [3.63, 3.8) is 0 Å². The normalized spacial score (nSPS) is 15.9. The SMILES string of the molecule is O=C(c1nnc(-c2cc(C(F)(F)F)ccn2)o1)N1CCc2[nH]cnc2[C@H]1c1nc2c(F)cccc2s1. The van der Waals surface area contributed by atoms with Crippen LogP contribution in [0.25, 0.3) is 21.8 Å². The fraction of sp³-hybridized carbons (Fsp3) is 0.182. The second-order valence-corrected chi connectivity index (χ2v) is 8.96. The quantitative estimate of drug-likeness (QED) is 0.354. The second-order valence-electron chi connectivity index (χ2n) is 7.90. The largest absolute Gasteiger partial charge is 0.416 e. The Balaban J connectivity index is 1.37. The molecule has 14 heteroatoms. The molecule has 1 aliphatic heterocycles. The number of amides is 1. The van der Waals surface area contributed by atoms with Gasteiger partial charge in [0.25, 0.3) is 5.89 Å². The number of imidazole rings is 1. The number of pyridine rings is 1. The number of halogens is 4. The molecule has 0 saturated carbocycles. The number of thiazole rings is 1. The van der Waals surface area contributed by atoms with E-state index in [9.17, 15) is 22.4 Å². The Morgan fingerprint density at radius 3 is 2.86 bits per heavy atom. The molecule has 0 saturated heterocycles. The maximum absolute atomic E-state index is 14.3. The number of nitrogens with zero attached hydrogens (tertiary/aromatic N) is 6. The first-order chi connectivity index (χ1) is 17.3. The Morgan fingerprint density at radius 2 is 2.06 bits per heavy atom. The highest BCUT2D eigenvalue weighted by Crippen LogP contribution is 2.38. The smallest absolute Gasteiger partial charge is 0.411 e. The predicted octanol–water partition coefficient (Wildman–Crippen LogP) is 4.41. The van der Waals surface area contributed by atoms with Crippen LogP contribution in [0.15, 0.2) is 47.3 Å². The van der Waals surface area contributed by atoms with Crippen molar-refractivity contribution in [2.75, 3.05) is 6.54 Å². The molecule has 182 valence electrons. The lowest BCUT2D eigenvalue weighted by atomic mass is 10.0. The molecule has 5 heterocycles. The van der Waals surface area contributed by atoms with Gasteiger partial charge in [-0.25, -0.2) is 14.4 Å². The van der Waals surface area contributed by atoms with Gasteiger partial charge >= 0.3 is 18.0 Å². The minimum atomic E-state index is -4.59. The van der Waals surface area contributed by atoms with Gasteiger partial charge in [-0.15, -0.1) is 21.5 Å². The highest BCUT2D eigenvalue weighted by Gasteiger charge is 2.39. The van der Waals surface area contributed by atoms with E-state index >= 15 is 0 Å². The zero-order valence-corrected chi connectivity index (χ0v) is 18.8. The second kappa shape index (κ2) is 8.19. The summed E-state index contributed by atoms with van der Waals surface area (Å²) in [5, 5.41) is 7.92. The van der Waals surface area contributed by atoms with Crippen LogP contribution in [0.1, 0.15) is 38.7 Å². The average Bonchev–Trinajstić information content (AvgIpc) is 3.62. The topological polar surface area (TPSA) is 114 Å². The van der Waals surface area contributed by atoms with Gasteiger partial charge in [-0.2, -0.15) is 13.2 Å². The molecule has 0 aliphatic carbocycles. The number of aromatic amines is 1. The Labute approximate surface area is 202 Å². The van der Waals surface area contributed by atoms with E-state index < -0.39 is 35.4 Å². The predicted molar refractivity (Wildman–Crippen MR) is 117 cm³/mol. The number of carbonyl (C=O) groups is 1. The van der Waals surface area contributed by atoms with Crippen LogP contribution in [0.2, 0.25) is 0 Å². The van der Waals surface area contributed by atoms with Crippen molar-refractivity contribution in [2.45, 2.75) is 18.6 Å². The Hall–Kier alpha value is -4.20. The third kappa shape index (κ3) is 3.69. The van der Waals surface area contributed by atoms with Crippen molar-refractivity contribution in [2.24, 2.45) is 0 Å². The van der Waals surface area contributed by atoms with Crippen LogP contribution >= 0.6 is 11.3 Å². The van der Waals surface area contributed by atoms with E-state index in [1.807, 2.05) is 0 Å². The minimum absolute atomic E-state index is 0.184. The summed E-state index contributed by atoms with van der Waals surface area (Å²) in [5.41, 5.74) is 0.381. The van der Waals surface area contributed by atoms with Gasteiger partial charge in [-0.1, -0.05) is 6.07 Å². The van der Waals surface area contributed by atoms with Crippen molar-refractivity contribution in [1.29, 1.82) is 0 Å². The third-order valence-corrected chi connectivity index (χ3v) is 6.79. The van der Waals surface area contributed by atoms with E-state index in [1.165, 1.54) is 28.6 Å². The molecule has 0 bridgehead atoms. The molecule has 1 aromatic carbocycles. The molecular weight excluding hydrogens is 502 g/mol. The number of fused-ring (bicyclic) bond motifs is 2. The molecule has 4 aromatic heterocycles. The molecular formula is C22H13F4N7O2S. The highest BCUT2D eigenvalue weighted by atomic mass is 32.1. The molecule has 6 rings (SSSR count). The first kappa shape index (κ1) is 22.3. The van der Waals surface area contributed by atoms with E-state index in [1.54, 1.807) is 12.1 Å². The molecule has 0 spiro atoms. The summed E-state index contributed by atoms with van der Waals surface area (Å²) in [4.78, 5) is 30.6. The first-order valence-corrected chi connectivity index (χ1v) is 11.4. The molecule has 5 aromatic rings. The van der Waals surface area contributed by atoms with Gasteiger partial charge in [0.1, 0.15) is 28.1 Å². The van der Waals surface area contributed by atoms with Gasteiger partial charge in [0.05, 0.1) is 22.3 Å². The zero-order chi connectivity index (χ0) is 25.0. The number of para-hydroxylation sites is 1. The monoisotopic (exact) mass is 515 g/mol. The standard InChI is InChI=1S/C22H13F4N7O2S/c23-11-2-1-3-14-15(11)30-20(36-14)17-16-12(28-9-29-16)5-7-33(17)21(34)19-32-31-18(35-19)13-8-10(4-6-27-13)22(24,25)26/h1-4,6,8-9,17H,5,7H2,(H,28,29)/t17-/m0/s1. The minimum Gasteiger partial charge on any atom is -0.411 e. The summed E-state index contributed by atoms with van der Waals surface area (Å²) < 4.78 is 59.6. The van der Waals surface area contributed by atoms with Crippen LogP contribution in [0.5, 0.6) is 0 Å². The summed E-state index contributed by atoms with van der Waals surface area (Å²) in [6, 6.07) is 5.42. The number of hydrogen-bond donors (Lipinski definition) is 1. The summed E-state index contributed by atoms with van der Waals surface area (Å²) in [7, 11) is 0. The van der Waals surface area contributed by atoms with Crippen molar-refractivity contribution < 1.29 is 26.8 Å². The number of alkyl halides is 3. The molecule has 0 radical (unpaired) electrons. The van der Waals surface area contributed by atoms with Crippen LogP contribution in [0, 0.1) is 5.82 Å². The number of hydrogen-bond acceptors (Lipinski definition) is 8. The van der Waals surface area contributed by atoms with Crippen molar-refractivity contribution in [1.82, 2.24) is 35.0 Å². The Bertz CT molecular complexity index is 1610. The van der Waals surface area contributed by atoms with Crippen molar-refractivity contribution in [3.05, 3.63) is 76.5 Å². The third-order valence-electron chi connectivity index (χ3n) is 5.72. The highest BCUT2D eigenvalue weighted by molar-refractivity contribution is 7.18. The Kier molecular flexibility index (Phi) is 5.07. The van der Waals surface area contributed by atoms with Gasteiger partial charge in [0, 0.05) is 24.9 Å². The van der Waals surface area contributed by atoms with Crippen molar-refractivity contribution >= 4 is 27.5 Å². The van der Waals surface area contributed by atoms with Crippen LogP contribution in [0.3, 0.4) is 0 Å². The summed E-state index contributed by atoms with van der Waals surface area (Å²) in [5.74, 6) is -1.92. The molecule has 0 fully saturated rings. The lowest BCUT2D eigenvalue weighted by molar-refractivity contribution is -0.137. The van der Waals surface area contributed by atoms with E-state index in [0.29, 0.717) is 21.8 Å². The van der Waals surface area contributed by atoms with Crippen LogP contribution < -0.4 is 0 Å². The van der Waals surface area contributed by atoms with E-state index in [0.717, 1.165) is 24.0 Å². The number of rotatable bonds is 3. The van der Waals surface area contributed by atoms with Gasteiger partial charge in [-0.3, -0.25) is 9.78 Å². The fourth-order valence-electron chi connectivity index (χ4n) is 4.05. The summed E-state index contributed by atoms with van der Waals surface area (Å²) >= 11 is 1.23. The van der Waals surface area contributed by atoms with E-state index in [4.69, 9.17) is 4.42 Å². The lowest BCUT2D eigenvalue weighted by Gasteiger charge is -2.32. The number of aromatic nitrogens is 6. The zero-order valence-electron chi connectivity index (χ0n) is 18.0. The Morgan fingerprint density at radius 1 is 1.19 bits per heavy atom. The van der Waals surface area contributed by atoms with Crippen molar-refractivity contribution in [3.8, 4) is 11.6 Å². The maximum atomic E-state index is 14.3. The number of carbonyl (C=O) groups excluding carboxylic acids is 1. The van der Waals surface area contributed by atoms with Crippen LogP contribution in [0.4, 0.5) is 17.6 Å². The molecule has 36 heavy (non-hydrogen) atoms. The number of H-pyrrole nitrogens is 1. The first-order valence-electron chi connectivity index (χ1n) is 10.5. The van der Waals surface area contributed by atoms with Crippen LogP contribution in [-0.4, -0.2) is 47.5 Å². The van der Waals surface area contributed by atoms with Gasteiger partial charge in [0.15, 0.2) is 0 Å². The molecule has 1 amide bonds. The summed E-state index contributed by atoms with van der Waals surface area (Å²) in [6.45, 7) is 0.233. The molecule has 1 aliphatic rings. The number of benzene rings is 1. The average molecular weight is 515 g/mol. The number of nitrogens with one attached hydrogen (secondary N) is 1. The van der Waals surface area contributed by atoms with Crippen LogP contribution in [-0.2, 0) is 12.6 Å². The molecule has 1 N–H and O–H groups in total. The van der Waals surface area contributed by atoms with Gasteiger partial charge in [-0.05, 0) is 24.3 Å². The van der Waals surface area contributed by atoms with E-state index in [-0.39, 0.29) is 23.6 Å². The van der Waals surface area contributed by atoms with Gasteiger partial charge < -0.3 is 14.3 Å². The molecule has 1 atom stereocenters. The fourth-order valence-corrected chi connectivity index (χ4v) is 5.15. The van der Waals surface area contributed by atoms with Gasteiger partial charge in [0.2, 0.25) is 0 Å². The maximum Gasteiger partial charge on any atom is 0.416 e. The van der Waals surface area contributed by atoms with E-state index in [2.05, 4.69) is 30.1 Å². The molecule has 0 unspecified atom stereocenters. The summed E-state index contributed by atoms with van der Waals surface area (Å²) in [6.07, 6.45) is -1.66.